The molecule has 0 bridgehead atoms. The van der Waals surface area contributed by atoms with Crippen LogP contribution in [0.1, 0.15) is 38.5 Å². The second-order valence-electron chi connectivity index (χ2n) is 5.28. The molecular weight excluding hydrogens is 220 g/mol. The van der Waals surface area contributed by atoms with Gasteiger partial charge < -0.3 is 10.2 Å². The quantitative estimate of drug-likeness (QED) is 0.704. The summed E-state index contributed by atoms with van der Waals surface area (Å²) >= 11 is 1.53. The number of rotatable bonds is 0. The molecule has 3 aliphatic rings. The minimum atomic E-state index is 0.258. The molecule has 1 amide bonds. The maximum absolute atomic E-state index is 11.8. The molecule has 0 aromatic carbocycles. The lowest BCUT2D eigenvalue weighted by atomic mass is 9.76. The molecule has 2 saturated heterocycles. The van der Waals surface area contributed by atoms with E-state index in [1.165, 1.54) is 43.9 Å². The lowest BCUT2D eigenvalue weighted by molar-refractivity contribution is 0.132. The maximum atomic E-state index is 11.8. The molecule has 2 aliphatic heterocycles. The molecule has 4 heteroatoms. The van der Waals surface area contributed by atoms with Crippen LogP contribution in [-0.4, -0.2) is 40.6 Å². The summed E-state index contributed by atoms with van der Waals surface area (Å²) in [5.41, 5.74) is 0.258. The molecule has 1 spiro atoms. The Hall–Kier alpha value is -0.220. The SMILES string of the molecule is O=C1SCC2N1CCCNC21CCCCC1. The van der Waals surface area contributed by atoms with Crippen LogP contribution in [0, 0.1) is 0 Å². The number of hydrogen-bond acceptors (Lipinski definition) is 3. The zero-order valence-corrected chi connectivity index (χ0v) is 10.5. The maximum Gasteiger partial charge on any atom is 0.282 e. The van der Waals surface area contributed by atoms with E-state index in [0.717, 1.165) is 25.3 Å². The van der Waals surface area contributed by atoms with Gasteiger partial charge in [0.25, 0.3) is 5.24 Å². The summed E-state index contributed by atoms with van der Waals surface area (Å²) in [7, 11) is 0. The first-order chi connectivity index (χ1) is 7.82. The van der Waals surface area contributed by atoms with Crippen LogP contribution in [0.3, 0.4) is 0 Å². The average molecular weight is 240 g/mol. The van der Waals surface area contributed by atoms with Crippen LogP contribution in [-0.2, 0) is 0 Å². The summed E-state index contributed by atoms with van der Waals surface area (Å²) in [4.78, 5) is 14.0. The van der Waals surface area contributed by atoms with E-state index in [1.54, 1.807) is 0 Å². The molecule has 3 rings (SSSR count). The van der Waals surface area contributed by atoms with Crippen molar-refractivity contribution in [2.45, 2.75) is 50.1 Å². The van der Waals surface area contributed by atoms with E-state index in [2.05, 4.69) is 10.2 Å². The highest BCUT2D eigenvalue weighted by atomic mass is 32.2. The zero-order valence-electron chi connectivity index (χ0n) is 9.71. The molecule has 0 radical (unpaired) electrons. The van der Waals surface area contributed by atoms with Gasteiger partial charge in [-0.25, -0.2) is 0 Å². The Morgan fingerprint density at radius 2 is 2.06 bits per heavy atom. The van der Waals surface area contributed by atoms with Crippen molar-refractivity contribution in [2.75, 3.05) is 18.8 Å². The fourth-order valence-corrected chi connectivity index (χ4v) is 4.74. The number of carbonyl (C=O) groups is 1. The topological polar surface area (TPSA) is 32.3 Å². The summed E-state index contributed by atoms with van der Waals surface area (Å²) in [5, 5.41) is 4.10. The molecule has 3 fully saturated rings. The molecule has 90 valence electrons. The first-order valence-electron chi connectivity index (χ1n) is 6.50. The number of fused-ring (bicyclic) bond motifs is 2. The fraction of sp³-hybridized carbons (Fsp3) is 0.917. The molecule has 1 unspecified atom stereocenters. The van der Waals surface area contributed by atoms with E-state index in [1.807, 2.05) is 0 Å². The van der Waals surface area contributed by atoms with Crippen LogP contribution < -0.4 is 5.32 Å². The van der Waals surface area contributed by atoms with Gasteiger partial charge in [0.05, 0.1) is 6.04 Å². The van der Waals surface area contributed by atoms with E-state index >= 15 is 0 Å². The second kappa shape index (κ2) is 4.22. The monoisotopic (exact) mass is 240 g/mol. The third-order valence-electron chi connectivity index (χ3n) is 4.41. The van der Waals surface area contributed by atoms with Crippen LogP contribution in [0.25, 0.3) is 0 Å². The molecule has 1 atom stereocenters. The minimum Gasteiger partial charge on any atom is -0.328 e. The Bertz CT molecular complexity index is 289. The number of amides is 1. The largest absolute Gasteiger partial charge is 0.328 e. The Balaban J connectivity index is 1.87. The number of hydrogen-bond donors (Lipinski definition) is 1. The van der Waals surface area contributed by atoms with Crippen molar-refractivity contribution in [3.63, 3.8) is 0 Å². The molecule has 1 aliphatic carbocycles. The van der Waals surface area contributed by atoms with Gasteiger partial charge in [-0.3, -0.25) is 4.79 Å². The molecular formula is C12H20N2OS. The normalized spacial score (nSPS) is 33.9. The van der Waals surface area contributed by atoms with Gasteiger partial charge in [-0.15, -0.1) is 0 Å². The molecule has 0 aromatic heterocycles. The van der Waals surface area contributed by atoms with Crippen molar-refractivity contribution < 1.29 is 4.79 Å². The Morgan fingerprint density at radius 1 is 1.25 bits per heavy atom. The summed E-state index contributed by atoms with van der Waals surface area (Å²) in [6.07, 6.45) is 7.68. The highest BCUT2D eigenvalue weighted by Crippen LogP contribution is 2.40. The molecule has 0 aromatic rings. The molecule has 3 nitrogen and oxygen atoms in total. The van der Waals surface area contributed by atoms with Crippen LogP contribution in [0.4, 0.5) is 4.79 Å². The van der Waals surface area contributed by atoms with Crippen molar-refractivity contribution in [1.82, 2.24) is 10.2 Å². The first-order valence-corrected chi connectivity index (χ1v) is 7.49. The highest BCUT2D eigenvalue weighted by molar-refractivity contribution is 8.13. The van der Waals surface area contributed by atoms with E-state index in [9.17, 15) is 4.79 Å². The lowest BCUT2D eigenvalue weighted by Gasteiger charge is -2.44. The minimum absolute atomic E-state index is 0.258. The zero-order chi connectivity index (χ0) is 11.0. The summed E-state index contributed by atoms with van der Waals surface area (Å²) in [6.45, 7) is 2.05. The Labute approximate surface area is 101 Å². The lowest BCUT2D eigenvalue weighted by Crippen LogP contribution is -2.59. The third kappa shape index (κ3) is 1.66. The fourth-order valence-electron chi connectivity index (χ4n) is 3.55. The number of thioether (sulfide) groups is 1. The second-order valence-corrected chi connectivity index (χ2v) is 6.25. The molecule has 1 N–H and O–H groups in total. The summed E-state index contributed by atoms with van der Waals surface area (Å²) in [6, 6.07) is 0.466. The van der Waals surface area contributed by atoms with E-state index in [0.29, 0.717) is 11.3 Å². The number of nitrogens with one attached hydrogen (secondary N) is 1. The summed E-state index contributed by atoms with van der Waals surface area (Å²) in [5.74, 6) is 1.01. The predicted molar refractivity (Wildman–Crippen MR) is 66.8 cm³/mol. The van der Waals surface area contributed by atoms with Gasteiger partial charge in [0, 0.05) is 17.8 Å². The first kappa shape index (κ1) is 10.9. The number of carbonyl (C=O) groups excluding carboxylic acids is 1. The van der Waals surface area contributed by atoms with Gasteiger partial charge in [0.15, 0.2) is 0 Å². The number of nitrogens with zero attached hydrogens (tertiary/aromatic N) is 1. The van der Waals surface area contributed by atoms with Gasteiger partial charge in [-0.2, -0.15) is 0 Å². The van der Waals surface area contributed by atoms with Gasteiger partial charge in [-0.1, -0.05) is 31.0 Å². The Kier molecular flexibility index (Phi) is 2.88. The van der Waals surface area contributed by atoms with Gasteiger partial charge in [0.1, 0.15) is 0 Å². The molecule has 1 saturated carbocycles. The van der Waals surface area contributed by atoms with Crippen molar-refractivity contribution >= 4 is 17.0 Å². The van der Waals surface area contributed by atoms with Gasteiger partial charge in [0.2, 0.25) is 0 Å². The van der Waals surface area contributed by atoms with E-state index in [4.69, 9.17) is 0 Å². The highest BCUT2D eigenvalue weighted by Gasteiger charge is 2.48. The van der Waals surface area contributed by atoms with Crippen molar-refractivity contribution in [3.05, 3.63) is 0 Å². The van der Waals surface area contributed by atoms with Crippen molar-refractivity contribution in [3.8, 4) is 0 Å². The van der Waals surface area contributed by atoms with Crippen molar-refractivity contribution in [2.24, 2.45) is 0 Å². The van der Waals surface area contributed by atoms with E-state index in [-0.39, 0.29) is 5.54 Å². The smallest absolute Gasteiger partial charge is 0.282 e. The van der Waals surface area contributed by atoms with Crippen LogP contribution >= 0.6 is 11.8 Å². The van der Waals surface area contributed by atoms with Crippen LogP contribution in [0.5, 0.6) is 0 Å². The predicted octanol–water partition coefficient (Wildman–Crippen LogP) is 2.22. The van der Waals surface area contributed by atoms with Crippen LogP contribution in [0.2, 0.25) is 0 Å². The summed E-state index contributed by atoms with van der Waals surface area (Å²) < 4.78 is 0. The molecule has 16 heavy (non-hydrogen) atoms. The standard InChI is InChI=1S/C12H20N2OS/c15-11-14-8-4-7-13-12(10(14)9-16-11)5-2-1-3-6-12/h10,13H,1-9H2. The van der Waals surface area contributed by atoms with E-state index < -0.39 is 0 Å². The average Bonchev–Trinajstić information content (AvgIpc) is 2.59. The molecule has 2 heterocycles. The van der Waals surface area contributed by atoms with Gasteiger partial charge >= 0.3 is 0 Å². The Morgan fingerprint density at radius 3 is 2.88 bits per heavy atom. The third-order valence-corrected chi connectivity index (χ3v) is 5.38. The van der Waals surface area contributed by atoms with Crippen LogP contribution in [0.15, 0.2) is 0 Å². The van der Waals surface area contributed by atoms with Gasteiger partial charge in [-0.05, 0) is 25.8 Å². The van der Waals surface area contributed by atoms with Crippen molar-refractivity contribution in [1.29, 1.82) is 0 Å².